The first kappa shape index (κ1) is 16.7. The maximum Gasteiger partial charge on any atom is 0.133 e. The van der Waals surface area contributed by atoms with Crippen LogP contribution in [0.15, 0.2) is 34.8 Å². The SMILES string of the molecule is COc1cc(C(Br)c2cc(C)cc(Cl)c2)c(OC)cc1Br. The largest absolute Gasteiger partial charge is 0.496 e. The van der Waals surface area contributed by atoms with Crippen LogP contribution in [0, 0.1) is 6.92 Å². The van der Waals surface area contributed by atoms with Gasteiger partial charge in [0.05, 0.1) is 23.5 Å². The van der Waals surface area contributed by atoms with Crippen LogP contribution in [0.3, 0.4) is 0 Å². The van der Waals surface area contributed by atoms with Gasteiger partial charge >= 0.3 is 0 Å². The second-order valence-electron chi connectivity index (χ2n) is 4.65. The maximum atomic E-state index is 6.15. The van der Waals surface area contributed by atoms with Gasteiger partial charge in [0.25, 0.3) is 0 Å². The molecule has 0 N–H and O–H groups in total. The van der Waals surface area contributed by atoms with Gasteiger partial charge in [-0.2, -0.15) is 0 Å². The smallest absolute Gasteiger partial charge is 0.133 e. The third-order valence-electron chi connectivity index (χ3n) is 3.13. The summed E-state index contributed by atoms with van der Waals surface area (Å²) in [6.45, 7) is 2.02. The summed E-state index contributed by atoms with van der Waals surface area (Å²) in [6.07, 6.45) is 0. The average Bonchev–Trinajstić information content (AvgIpc) is 2.45. The second kappa shape index (κ2) is 7.03. The van der Waals surface area contributed by atoms with Gasteiger partial charge in [0.15, 0.2) is 0 Å². The van der Waals surface area contributed by atoms with Crippen molar-refractivity contribution in [2.45, 2.75) is 11.8 Å². The van der Waals surface area contributed by atoms with Crippen molar-refractivity contribution in [3.63, 3.8) is 0 Å². The molecule has 0 aliphatic carbocycles. The molecule has 0 aliphatic rings. The van der Waals surface area contributed by atoms with E-state index < -0.39 is 0 Å². The van der Waals surface area contributed by atoms with Gasteiger partial charge in [-0.1, -0.05) is 33.6 Å². The van der Waals surface area contributed by atoms with E-state index in [0.29, 0.717) is 0 Å². The highest BCUT2D eigenvalue weighted by atomic mass is 79.9. The van der Waals surface area contributed by atoms with Crippen LogP contribution in [0.5, 0.6) is 11.5 Å². The number of benzene rings is 2. The number of rotatable bonds is 4. The fourth-order valence-corrected chi connectivity index (χ4v) is 3.58. The van der Waals surface area contributed by atoms with Crippen LogP contribution < -0.4 is 9.47 Å². The Bertz CT molecular complexity index is 639. The van der Waals surface area contributed by atoms with Crippen molar-refractivity contribution in [1.29, 1.82) is 0 Å². The summed E-state index contributed by atoms with van der Waals surface area (Å²) >= 11 is 13.4. The molecule has 112 valence electrons. The summed E-state index contributed by atoms with van der Waals surface area (Å²) < 4.78 is 11.7. The van der Waals surface area contributed by atoms with Gasteiger partial charge < -0.3 is 9.47 Å². The quantitative estimate of drug-likeness (QED) is 0.557. The average molecular weight is 435 g/mol. The first-order chi connectivity index (χ1) is 9.96. The summed E-state index contributed by atoms with van der Waals surface area (Å²) in [5.41, 5.74) is 3.17. The number of methoxy groups -OCH3 is 2. The lowest BCUT2D eigenvalue weighted by molar-refractivity contribution is 0.397. The molecule has 1 unspecified atom stereocenters. The monoisotopic (exact) mass is 432 g/mol. The van der Waals surface area contributed by atoms with Crippen molar-refractivity contribution in [2.75, 3.05) is 14.2 Å². The minimum Gasteiger partial charge on any atom is -0.496 e. The molecule has 0 aliphatic heterocycles. The van der Waals surface area contributed by atoms with Crippen LogP contribution in [-0.4, -0.2) is 14.2 Å². The molecule has 0 aromatic heterocycles. The van der Waals surface area contributed by atoms with Gasteiger partial charge in [0, 0.05) is 10.6 Å². The molecular weight excluding hydrogens is 419 g/mol. The lowest BCUT2D eigenvalue weighted by Gasteiger charge is -2.17. The minimum atomic E-state index is -0.0353. The molecule has 0 saturated heterocycles. The highest BCUT2D eigenvalue weighted by Gasteiger charge is 2.19. The summed E-state index contributed by atoms with van der Waals surface area (Å²) in [6, 6.07) is 9.84. The van der Waals surface area contributed by atoms with E-state index in [1.54, 1.807) is 14.2 Å². The zero-order valence-electron chi connectivity index (χ0n) is 11.9. The van der Waals surface area contributed by atoms with Crippen molar-refractivity contribution in [3.05, 3.63) is 56.5 Å². The third-order valence-corrected chi connectivity index (χ3v) is 4.99. The summed E-state index contributed by atoms with van der Waals surface area (Å²) in [7, 11) is 3.30. The molecule has 0 heterocycles. The zero-order chi connectivity index (χ0) is 15.6. The Balaban J connectivity index is 2.53. The summed E-state index contributed by atoms with van der Waals surface area (Å²) in [4.78, 5) is -0.0353. The molecule has 2 aromatic carbocycles. The van der Waals surface area contributed by atoms with Crippen LogP contribution >= 0.6 is 43.5 Å². The molecule has 0 spiro atoms. The lowest BCUT2D eigenvalue weighted by atomic mass is 10.0. The van der Waals surface area contributed by atoms with Gasteiger partial charge in [-0.3, -0.25) is 0 Å². The van der Waals surface area contributed by atoms with E-state index in [0.717, 1.165) is 37.7 Å². The lowest BCUT2D eigenvalue weighted by Crippen LogP contribution is -1.99. The van der Waals surface area contributed by atoms with E-state index in [9.17, 15) is 0 Å². The van der Waals surface area contributed by atoms with Crippen molar-refractivity contribution >= 4 is 43.5 Å². The van der Waals surface area contributed by atoms with Gasteiger partial charge in [-0.05, 0) is 58.2 Å². The van der Waals surface area contributed by atoms with Gasteiger partial charge in [0.1, 0.15) is 11.5 Å². The Morgan fingerprint density at radius 3 is 2.24 bits per heavy atom. The zero-order valence-corrected chi connectivity index (χ0v) is 15.8. The number of hydrogen-bond acceptors (Lipinski definition) is 2. The first-order valence-corrected chi connectivity index (χ1v) is 8.37. The summed E-state index contributed by atoms with van der Waals surface area (Å²) in [5.74, 6) is 1.54. The molecule has 2 nitrogen and oxygen atoms in total. The number of halogens is 3. The van der Waals surface area contributed by atoms with Crippen molar-refractivity contribution in [3.8, 4) is 11.5 Å². The van der Waals surface area contributed by atoms with Crippen LogP contribution in [0.2, 0.25) is 5.02 Å². The maximum absolute atomic E-state index is 6.15. The normalized spacial score (nSPS) is 12.1. The molecule has 0 fully saturated rings. The molecule has 0 radical (unpaired) electrons. The first-order valence-electron chi connectivity index (χ1n) is 6.29. The predicted octanol–water partition coefficient (Wildman–Crippen LogP) is 5.91. The Morgan fingerprint density at radius 2 is 1.67 bits per heavy atom. The van der Waals surface area contributed by atoms with Crippen LogP contribution in [0.25, 0.3) is 0 Å². The number of alkyl halides is 1. The van der Waals surface area contributed by atoms with E-state index in [4.69, 9.17) is 21.1 Å². The second-order valence-corrected chi connectivity index (χ2v) is 6.86. The standard InChI is InChI=1S/C16H15Br2ClO2/c1-9-4-10(6-11(19)5-9)16(18)12-7-15(21-3)13(17)8-14(12)20-2/h4-8,16H,1-3H3. The molecule has 21 heavy (non-hydrogen) atoms. The van der Waals surface area contributed by atoms with Gasteiger partial charge in [-0.15, -0.1) is 0 Å². The molecular formula is C16H15Br2ClO2. The fourth-order valence-electron chi connectivity index (χ4n) is 2.17. The topological polar surface area (TPSA) is 18.5 Å². The van der Waals surface area contributed by atoms with Crippen molar-refractivity contribution < 1.29 is 9.47 Å². The van der Waals surface area contributed by atoms with Crippen molar-refractivity contribution in [1.82, 2.24) is 0 Å². The summed E-state index contributed by atoms with van der Waals surface area (Å²) in [5, 5.41) is 0.720. The third kappa shape index (κ3) is 3.74. The molecule has 5 heteroatoms. The fraction of sp³-hybridized carbons (Fsp3) is 0.250. The highest BCUT2D eigenvalue weighted by Crippen LogP contribution is 2.42. The van der Waals surface area contributed by atoms with E-state index in [2.05, 4.69) is 37.9 Å². The van der Waals surface area contributed by atoms with Crippen LogP contribution in [0.1, 0.15) is 21.5 Å². The highest BCUT2D eigenvalue weighted by molar-refractivity contribution is 9.10. The molecule has 0 saturated carbocycles. The van der Waals surface area contributed by atoms with Crippen molar-refractivity contribution in [2.24, 2.45) is 0 Å². The Morgan fingerprint density at radius 1 is 1.00 bits per heavy atom. The number of hydrogen-bond donors (Lipinski definition) is 0. The molecule has 1 atom stereocenters. The van der Waals surface area contributed by atoms with Crippen LogP contribution in [-0.2, 0) is 0 Å². The predicted molar refractivity (Wildman–Crippen MR) is 94.2 cm³/mol. The Kier molecular flexibility index (Phi) is 5.58. The van der Waals surface area contributed by atoms with E-state index in [1.807, 2.05) is 31.2 Å². The molecule has 0 bridgehead atoms. The van der Waals surface area contributed by atoms with E-state index in [1.165, 1.54) is 0 Å². The number of aryl methyl sites for hydroxylation is 1. The van der Waals surface area contributed by atoms with Crippen LogP contribution in [0.4, 0.5) is 0 Å². The molecule has 2 rings (SSSR count). The number of ether oxygens (including phenoxy) is 2. The van der Waals surface area contributed by atoms with E-state index in [-0.39, 0.29) is 4.83 Å². The minimum absolute atomic E-state index is 0.0353. The van der Waals surface area contributed by atoms with E-state index >= 15 is 0 Å². The Labute approximate surface area is 146 Å². The molecule has 0 amide bonds. The van der Waals surface area contributed by atoms with Gasteiger partial charge in [0.2, 0.25) is 0 Å². The Hall–Kier alpha value is -0.710. The molecule has 2 aromatic rings. The van der Waals surface area contributed by atoms with Gasteiger partial charge in [-0.25, -0.2) is 0 Å².